The van der Waals surface area contributed by atoms with Crippen LogP contribution in [0, 0.1) is 0 Å². The Balaban J connectivity index is 3.79. The number of ether oxygens (including phenoxy) is 1. The SMILES string of the molecule is CC(C)(C)OCNCCN(CC(=O)O)CC(O)O. The summed E-state index contributed by atoms with van der Waals surface area (Å²) in [7, 11) is 0. The fourth-order valence-electron chi connectivity index (χ4n) is 1.23. The minimum absolute atomic E-state index is 0.0892. The molecule has 0 unspecified atom stereocenters. The van der Waals surface area contributed by atoms with E-state index in [0.29, 0.717) is 19.8 Å². The van der Waals surface area contributed by atoms with Gasteiger partial charge in [-0.2, -0.15) is 0 Å². The number of rotatable bonds is 9. The van der Waals surface area contributed by atoms with Gasteiger partial charge in [0.2, 0.25) is 0 Å². The van der Waals surface area contributed by atoms with Gasteiger partial charge in [-0.05, 0) is 20.8 Å². The number of nitrogens with zero attached hydrogens (tertiary/aromatic N) is 1. The minimum Gasteiger partial charge on any atom is -0.480 e. The first-order valence-electron chi connectivity index (χ1n) is 5.85. The Hall–Kier alpha value is -0.730. The molecule has 0 aromatic heterocycles. The summed E-state index contributed by atoms with van der Waals surface area (Å²) in [6, 6.07) is 0. The third-order valence-corrected chi connectivity index (χ3v) is 1.99. The van der Waals surface area contributed by atoms with Crippen molar-refractivity contribution in [2.24, 2.45) is 0 Å². The molecule has 0 aromatic rings. The van der Waals surface area contributed by atoms with E-state index >= 15 is 0 Å². The monoisotopic (exact) mass is 264 g/mol. The van der Waals surface area contributed by atoms with E-state index in [1.54, 1.807) is 0 Å². The summed E-state index contributed by atoms with van der Waals surface area (Å²) in [5, 5.41) is 29.3. The van der Waals surface area contributed by atoms with Crippen molar-refractivity contribution in [3.63, 3.8) is 0 Å². The molecule has 0 aliphatic carbocycles. The lowest BCUT2D eigenvalue weighted by Gasteiger charge is -2.23. The van der Waals surface area contributed by atoms with Crippen LogP contribution < -0.4 is 5.32 Å². The number of hydrogen-bond acceptors (Lipinski definition) is 6. The summed E-state index contributed by atoms with van der Waals surface area (Å²) in [6.45, 7) is 6.78. The summed E-state index contributed by atoms with van der Waals surface area (Å²) in [4.78, 5) is 12.0. The van der Waals surface area contributed by atoms with Gasteiger partial charge >= 0.3 is 5.97 Å². The molecule has 18 heavy (non-hydrogen) atoms. The van der Waals surface area contributed by atoms with Crippen molar-refractivity contribution in [1.82, 2.24) is 10.2 Å². The van der Waals surface area contributed by atoms with Gasteiger partial charge in [0, 0.05) is 19.6 Å². The van der Waals surface area contributed by atoms with Crippen LogP contribution in [0.25, 0.3) is 0 Å². The highest BCUT2D eigenvalue weighted by Gasteiger charge is 2.13. The Bertz CT molecular complexity index is 240. The number of aliphatic hydroxyl groups excluding tert-OH is 1. The highest BCUT2D eigenvalue weighted by Crippen LogP contribution is 2.04. The van der Waals surface area contributed by atoms with E-state index in [1.165, 1.54) is 4.90 Å². The van der Waals surface area contributed by atoms with Gasteiger partial charge in [-0.25, -0.2) is 0 Å². The molecular formula is C11H24N2O5. The zero-order valence-electron chi connectivity index (χ0n) is 11.2. The number of carboxylic acids is 1. The normalized spacial score (nSPS) is 12.4. The average Bonchev–Trinajstić information content (AvgIpc) is 2.12. The number of aliphatic hydroxyl groups is 2. The number of carbonyl (C=O) groups is 1. The van der Waals surface area contributed by atoms with E-state index in [2.05, 4.69) is 5.32 Å². The molecule has 0 bridgehead atoms. The summed E-state index contributed by atoms with van der Waals surface area (Å²) in [5.41, 5.74) is -0.227. The Labute approximate surface area is 107 Å². The second kappa shape index (κ2) is 8.39. The van der Waals surface area contributed by atoms with Gasteiger partial charge in [0.25, 0.3) is 0 Å². The number of nitrogens with one attached hydrogen (secondary N) is 1. The van der Waals surface area contributed by atoms with Crippen molar-refractivity contribution >= 4 is 5.97 Å². The molecule has 0 aliphatic heterocycles. The molecular weight excluding hydrogens is 240 g/mol. The third-order valence-electron chi connectivity index (χ3n) is 1.99. The third kappa shape index (κ3) is 11.7. The summed E-state index contributed by atoms with van der Waals surface area (Å²) < 4.78 is 5.43. The van der Waals surface area contributed by atoms with Gasteiger partial charge in [0.05, 0.1) is 18.9 Å². The number of hydrogen-bond donors (Lipinski definition) is 4. The van der Waals surface area contributed by atoms with Crippen LogP contribution in [-0.4, -0.2) is 71.0 Å². The number of aliphatic carboxylic acids is 1. The standard InChI is InChI=1S/C11H24N2O5/c1-11(2,3)18-8-12-4-5-13(6-9(14)15)7-10(16)17/h9,12,14-15H,4-8H2,1-3H3,(H,16,17). The fraction of sp³-hybridized carbons (Fsp3) is 0.909. The zero-order valence-corrected chi connectivity index (χ0v) is 11.2. The topological polar surface area (TPSA) is 102 Å². The van der Waals surface area contributed by atoms with Crippen LogP contribution in [0.5, 0.6) is 0 Å². The molecule has 0 saturated heterocycles. The minimum atomic E-state index is -1.53. The zero-order chi connectivity index (χ0) is 14.2. The first-order chi connectivity index (χ1) is 8.20. The molecule has 4 N–H and O–H groups in total. The molecule has 7 heteroatoms. The quantitative estimate of drug-likeness (QED) is 0.314. The number of carboxylic acid groups (broad SMARTS) is 1. The van der Waals surface area contributed by atoms with Crippen molar-refractivity contribution in [1.29, 1.82) is 0 Å². The summed E-state index contributed by atoms with van der Waals surface area (Å²) >= 11 is 0. The molecule has 0 aliphatic rings. The van der Waals surface area contributed by atoms with Gasteiger partial charge in [0.15, 0.2) is 6.29 Å². The van der Waals surface area contributed by atoms with E-state index in [4.69, 9.17) is 20.1 Å². The van der Waals surface area contributed by atoms with E-state index in [0.717, 1.165) is 0 Å². The lowest BCUT2D eigenvalue weighted by atomic mass is 10.2. The fourth-order valence-corrected chi connectivity index (χ4v) is 1.23. The molecule has 0 aromatic carbocycles. The first-order valence-corrected chi connectivity index (χ1v) is 5.85. The van der Waals surface area contributed by atoms with E-state index in [9.17, 15) is 4.79 Å². The molecule has 108 valence electrons. The first kappa shape index (κ1) is 17.3. The maximum absolute atomic E-state index is 10.6. The predicted molar refractivity (Wildman–Crippen MR) is 66.0 cm³/mol. The van der Waals surface area contributed by atoms with Crippen LogP contribution in [0.2, 0.25) is 0 Å². The summed E-state index contributed by atoms with van der Waals surface area (Å²) in [5.74, 6) is -0.999. The van der Waals surface area contributed by atoms with Crippen molar-refractivity contribution in [3.8, 4) is 0 Å². The molecule has 0 radical (unpaired) electrons. The molecule has 0 amide bonds. The Morgan fingerprint density at radius 3 is 2.44 bits per heavy atom. The maximum Gasteiger partial charge on any atom is 0.317 e. The van der Waals surface area contributed by atoms with Crippen LogP contribution in [0.4, 0.5) is 0 Å². The Morgan fingerprint density at radius 1 is 1.39 bits per heavy atom. The van der Waals surface area contributed by atoms with Crippen LogP contribution in [-0.2, 0) is 9.53 Å². The average molecular weight is 264 g/mol. The van der Waals surface area contributed by atoms with Crippen molar-refractivity contribution in [3.05, 3.63) is 0 Å². The van der Waals surface area contributed by atoms with Gasteiger partial charge in [-0.1, -0.05) is 0 Å². The Morgan fingerprint density at radius 2 is 2.00 bits per heavy atom. The second-order valence-corrected chi connectivity index (χ2v) is 5.01. The molecule has 0 saturated carbocycles. The smallest absolute Gasteiger partial charge is 0.317 e. The van der Waals surface area contributed by atoms with Crippen molar-refractivity contribution < 1.29 is 24.9 Å². The van der Waals surface area contributed by atoms with E-state index in [-0.39, 0.29) is 18.7 Å². The van der Waals surface area contributed by atoms with Crippen LogP contribution >= 0.6 is 0 Å². The second-order valence-electron chi connectivity index (χ2n) is 5.01. The van der Waals surface area contributed by atoms with Crippen LogP contribution in [0.15, 0.2) is 0 Å². The largest absolute Gasteiger partial charge is 0.480 e. The maximum atomic E-state index is 10.6. The predicted octanol–water partition coefficient (Wildman–Crippen LogP) is -0.954. The van der Waals surface area contributed by atoms with Gasteiger partial charge in [-0.15, -0.1) is 0 Å². The van der Waals surface area contributed by atoms with E-state index < -0.39 is 12.3 Å². The summed E-state index contributed by atoms with van der Waals surface area (Å²) in [6.07, 6.45) is -1.53. The molecule has 0 atom stereocenters. The Kier molecular flexibility index (Phi) is 8.05. The van der Waals surface area contributed by atoms with E-state index in [1.807, 2.05) is 20.8 Å². The molecule has 0 spiro atoms. The molecule has 7 nitrogen and oxygen atoms in total. The highest BCUT2D eigenvalue weighted by molar-refractivity contribution is 5.69. The van der Waals surface area contributed by atoms with Crippen molar-refractivity contribution in [2.75, 3.05) is 32.9 Å². The molecule has 0 fully saturated rings. The molecule has 0 rings (SSSR count). The molecule has 0 heterocycles. The lowest BCUT2D eigenvalue weighted by molar-refractivity contribution is -0.139. The van der Waals surface area contributed by atoms with Gasteiger partial charge < -0.3 is 20.1 Å². The van der Waals surface area contributed by atoms with Crippen LogP contribution in [0.1, 0.15) is 20.8 Å². The van der Waals surface area contributed by atoms with Crippen LogP contribution in [0.3, 0.4) is 0 Å². The van der Waals surface area contributed by atoms with Crippen molar-refractivity contribution in [2.45, 2.75) is 32.7 Å². The van der Waals surface area contributed by atoms with Gasteiger partial charge in [0.1, 0.15) is 0 Å². The highest BCUT2D eigenvalue weighted by atomic mass is 16.5. The van der Waals surface area contributed by atoms with Gasteiger partial charge in [-0.3, -0.25) is 15.0 Å². The lowest BCUT2D eigenvalue weighted by Crippen LogP contribution is -2.41.